The number of unbranched alkanes of at least 4 members (excludes halogenated alkanes) is 2. The second kappa shape index (κ2) is 12.3. The summed E-state index contributed by atoms with van der Waals surface area (Å²) in [4.78, 5) is 0. The summed E-state index contributed by atoms with van der Waals surface area (Å²) in [5.74, 6) is -4.74. The van der Waals surface area contributed by atoms with Gasteiger partial charge >= 0.3 is 0 Å². The third kappa shape index (κ3) is 5.83. The van der Waals surface area contributed by atoms with Crippen LogP contribution < -0.4 is 0 Å². The Hall–Kier alpha value is -2.26. The summed E-state index contributed by atoms with van der Waals surface area (Å²) in [5, 5.41) is 0. The van der Waals surface area contributed by atoms with E-state index in [4.69, 9.17) is 18.9 Å². The van der Waals surface area contributed by atoms with Gasteiger partial charge in [-0.15, -0.1) is 0 Å². The van der Waals surface area contributed by atoms with Crippen molar-refractivity contribution in [2.75, 3.05) is 26.4 Å². The molecule has 4 rings (SSSR count). The normalized spacial score (nSPS) is 24.9. The van der Waals surface area contributed by atoms with Crippen LogP contribution in [0.3, 0.4) is 0 Å². The van der Waals surface area contributed by atoms with E-state index < -0.39 is 35.8 Å². The molecule has 0 amide bonds. The molecule has 0 aliphatic carbocycles. The van der Waals surface area contributed by atoms with Gasteiger partial charge in [-0.2, -0.15) is 0 Å². The Balaban J connectivity index is 1.43. The highest BCUT2D eigenvalue weighted by Crippen LogP contribution is 2.35. The topological polar surface area (TPSA) is 36.9 Å². The Morgan fingerprint density at radius 2 is 1.42 bits per heavy atom. The van der Waals surface area contributed by atoms with Gasteiger partial charge in [0, 0.05) is 22.6 Å². The molecule has 2 heterocycles. The maximum Gasteiger partial charge on any atom is 0.186 e. The van der Waals surface area contributed by atoms with Crippen LogP contribution in [0.25, 0.3) is 11.1 Å². The van der Waals surface area contributed by atoms with Gasteiger partial charge in [0.1, 0.15) is 0 Å². The number of hydrogen-bond donors (Lipinski definition) is 0. The zero-order valence-corrected chi connectivity index (χ0v) is 20.6. The summed E-state index contributed by atoms with van der Waals surface area (Å²) in [6, 6.07) is 5.22. The molecule has 2 aromatic carbocycles. The molecule has 2 fully saturated rings. The van der Waals surface area contributed by atoms with Crippen LogP contribution in [0.15, 0.2) is 36.4 Å². The van der Waals surface area contributed by atoms with Gasteiger partial charge in [0.25, 0.3) is 0 Å². The predicted octanol–water partition coefficient (Wildman–Crippen LogP) is 6.87. The number of ether oxygens (including phenoxy) is 4. The van der Waals surface area contributed by atoms with Crippen molar-refractivity contribution in [3.05, 3.63) is 70.8 Å². The molecule has 2 saturated heterocycles. The molecule has 0 spiro atoms. The Labute approximate surface area is 209 Å². The van der Waals surface area contributed by atoms with Crippen LogP contribution in [0.5, 0.6) is 0 Å². The summed E-state index contributed by atoms with van der Waals surface area (Å²) in [5.41, 5.74) is -0.612. The summed E-state index contributed by atoms with van der Waals surface area (Å²) < 4.78 is 82.2. The molecule has 8 heteroatoms. The lowest BCUT2D eigenvalue weighted by atomic mass is 9.98. The minimum Gasteiger partial charge on any atom is -0.351 e. The lowest BCUT2D eigenvalue weighted by molar-refractivity contribution is -0.280. The van der Waals surface area contributed by atoms with Gasteiger partial charge in [0.15, 0.2) is 35.8 Å². The van der Waals surface area contributed by atoms with E-state index in [0.29, 0.717) is 19.6 Å². The molecular formula is C28H32F4O4. The zero-order valence-electron chi connectivity index (χ0n) is 20.6. The largest absolute Gasteiger partial charge is 0.351 e. The molecule has 0 radical (unpaired) electrons. The van der Waals surface area contributed by atoms with Gasteiger partial charge in [-0.25, -0.2) is 17.6 Å². The molecule has 2 aliphatic rings. The first-order valence-corrected chi connectivity index (χ1v) is 12.5. The molecule has 2 aliphatic heterocycles. The fourth-order valence-corrected chi connectivity index (χ4v) is 4.55. The van der Waals surface area contributed by atoms with Gasteiger partial charge in [-0.1, -0.05) is 56.2 Å². The minimum atomic E-state index is -1.28. The second-order valence-electron chi connectivity index (χ2n) is 9.27. The number of halogens is 4. The van der Waals surface area contributed by atoms with Crippen LogP contribution in [0.2, 0.25) is 0 Å². The predicted molar refractivity (Wildman–Crippen MR) is 127 cm³/mol. The van der Waals surface area contributed by atoms with Gasteiger partial charge in [-0.05, 0) is 25.3 Å². The van der Waals surface area contributed by atoms with E-state index in [1.54, 1.807) is 0 Å². The summed E-state index contributed by atoms with van der Waals surface area (Å²) in [6.07, 6.45) is 5.29. The van der Waals surface area contributed by atoms with Crippen LogP contribution in [-0.4, -0.2) is 32.7 Å². The summed E-state index contributed by atoms with van der Waals surface area (Å²) >= 11 is 0. The van der Waals surface area contributed by atoms with E-state index in [1.165, 1.54) is 24.3 Å². The van der Waals surface area contributed by atoms with E-state index >= 15 is 8.78 Å². The zero-order chi connectivity index (χ0) is 25.7. The maximum atomic E-state index is 15.0. The van der Waals surface area contributed by atoms with Crippen LogP contribution in [0.1, 0.15) is 50.5 Å². The maximum absolute atomic E-state index is 15.0. The highest BCUT2D eigenvalue weighted by Gasteiger charge is 2.35. The standard InChI is InChI=1S/C28H32F4O4/c1-3-5-6-8-18-9-10-20(24(30)23(18)29)21-11-12-22(26(32)25(21)31)28-35-15-19(16-36-28)27-33-13-17(7-4-2)14-34-27/h4,7,9-12,17,19,27-28H,3,5-6,8,13-16H2,1-2H3. The molecule has 0 unspecified atom stereocenters. The Kier molecular flexibility index (Phi) is 9.17. The van der Waals surface area contributed by atoms with Gasteiger partial charge in [0.05, 0.1) is 32.3 Å². The lowest BCUT2D eigenvalue weighted by Crippen LogP contribution is -2.43. The van der Waals surface area contributed by atoms with Crippen LogP contribution in [0, 0.1) is 35.1 Å². The molecule has 0 aromatic heterocycles. The second-order valence-corrected chi connectivity index (χ2v) is 9.27. The van der Waals surface area contributed by atoms with Gasteiger partial charge < -0.3 is 18.9 Å². The average molecular weight is 509 g/mol. The number of hydrogen-bond acceptors (Lipinski definition) is 4. The third-order valence-electron chi connectivity index (χ3n) is 6.59. The molecule has 196 valence electrons. The first kappa shape index (κ1) is 26.8. The molecule has 0 bridgehead atoms. The van der Waals surface area contributed by atoms with E-state index in [9.17, 15) is 8.78 Å². The Morgan fingerprint density at radius 3 is 2.06 bits per heavy atom. The monoisotopic (exact) mass is 508 g/mol. The minimum absolute atomic E-state index is 0.148. The van der Waals surface area contributed by atoms with E-state index in [0.717, 1.165) is 19.3 Å². The van der Waals surface area contributed by atoms with Crippen molar-refractivity contribution in [3.63, 3.8) is 0 Å². The molecule has 0 N–H and O–H groups in total. The van der Waals surface area contributed by atoms with Crippen molar-refractivity contribution in [1.82, 2.24) is 0 Å². The quantitative estimate of drug-likeness (QED) is 0.222. The first-order valence-electron chi connectivity index (χ1n) is 12.5. The lowest BCUT2D eigenvalue weighted by Gasteiger charge is -2.37. The fourth-order valence-electron chi connectivity index (χ4n) is 4.55. The number of aryl methyl sites for hydroxylation is 1. The molecule has 0 saturated carbocycles. The van der Waals surface area contributed by atoms with Crippen molar-refractivity contribution in [3.8, 4) is 11.1 Å². The number of benzene rings is 2. The number of allylic oxidation sites excluding steroid dienone is 1. The first-order chi connectivity index (χ1) is 17.4. The summed E-state index contributed by atoms with van der Waals surface area (Å²) in [7, 11) is 0. The van der Waals surface area contributed by atoms with Gasteiger partial charge in [-0.3, -0.25) is 0 Å². The summed E-state index contributed by atoms with van der Waals surface area (Å²) in [6.45, 7) is 5.34. The third-order valence-corrected chi connectivity index (χ3v) is 6.59. The molecular weight excluding hydrogens is 476 g/mol. The van der Waals surface area contributed by atoms with E-state index in [1.807, 2.05) is 26.0 Å². The van der Waals surface area contributed by atoms with Crippen molar-refractivity contribution in [2.45, 2.75) is 52.1 Å². The Morgan fingerprint density at radius 1 is 0.778 bits per heavy atom. The average Bonchev–Trinajstić information content (AvgIpc) is 2.90. The van der Waals surface area contributed by atoms with Gasteiger partial charge in [0.2, 0.25) is 0 Å². The molecule has 36 heavy (non-hydrogen) atoms. The smallest absolute Gasteiger partial charge is 0.186 e. The molecule has 4 nitrogen and oxygen atoms in total. The van der Waals surface area contributed by atoms with Crippen LogP contribution in [-0.2, 0) is 25.4 Å². The Bertz CT molecular complexity index is 1060. The van der Waals surface area contributed by atoms with Crippen molar-refractivity contribution < 1.29 is 36.5 Å². The van der Waals surface area contributed by atoms with Crippen molar-refractivity contribution >= 4 is 0 Å². The van der Waals surface area contributed by atoms with E-state index in [2.05, 4.69) is 0 Å². The van der Waals surface area contributed by atoms with Crippen LogP contribution in [0.4, 0.5) is 17.6 Å². The highest BCUT2D eigenvalue weighted by atomic mass is 19.2. The number of rotatable bonds is 8. The SMILES string of the molecule is CC=CC1COC(C2COC(c3ccc(-c4ccc(CCCCC)c(F)c4F)c(F)c3F)OC2)OC1. The van der Waals surface area contributed by atoms with Crippen LogP contribution >= 0.6 is 0 Å². The molecule has 2 aromatic rings. The van der Waals surface area contributed by atoms with Crippen molar-refractivity contribution in [1.29, 1.82) is 0 Å². The molecule has 0 atom stereocenters. The van der Waals surface area contributed by atoms with Crippen molar-refractivity contribution in [2.24, 2.45) is 11.8 Å². The highest BCUT2D eigenvalue weighted by molar-refractivity contribution is 5.66. The fraction of sp³-hybridized carbons (Fsp3) is 0.500. The van der Waals surface area contributed by atoms with E-state index in [-0.39, 0.29) is 47.3 Å².